The van der Waals surface area contributed by atoms with Gasteiger partial charge >= 0.3 is 0 Å². The lowest BCUT2D eigenvalue weighted by Gasteiger charge is -2.44. The average molecular weight is 233 g/mol. The number of nitrogens with two attached hydrogens (primary N) is 1. The van der Waals surface area contributed by atoms with Crippen LogP contribution in [0, 0.1) is 5.41 Å². The van der Waals surface area contributed by atoms with Crippen molar-refractivity contribution >= 4 is 23.4 Å². The number of carbonyl (C=O) groups is 2. The minimum Gasteiger partial charge on any atom is -0.368 e. The summed E-state index contributed by atoms with van der Waals surface area (Å²) in [5.74, 6) is -0.758. The molecule has 1 rings (SSSR count). The Morgan fingerprint density at radius 1 is 1.53 bits per heavy atom. The summed E-state index contributed by atoms with van der Waals surface area (Å²) in [5.41, 5.74) is 5.09. The molecule has 1 heterocycles. The first kappa shape index (κ1) is 12.3. The number of carbonyl (C=O) groups excluding carboxylic acids is 2. The van der Waals surface area contributed by atoms with E-state index in [1.165, 1.54) is 4.90 Å². The van der Waals surface area contributed by atoms with Crippen LogP contribution in [-0.4, -0.2) is 35.2 Å². The van der Waals surface area contributed by atoms with E-state index in [0.29, 0.717) is 6.54 Å². The van der Waals surface area contributed by atoms with E-state index in [2.05, 4.69) is 0 Å². The number of halogens is 1. The van der Waals surface area contributed by atoms with Crippen molar-refractivity contribution in [1.29, 1.82) is 0 Å². The Balaban J connectivity index is 2.94. The van der Waals surface area contributed by atoms with Crippen molar-refractivity contribution in [2.75, 3.05) is 12.4 Å². The molecular formula is C10H17ClN2O2. The molecule has 1 aliphatic heterocycles. The number of rotatable bonds is 2. The maximum Gasteiger partial charge on any atom is 0.240 e. The molecule has 0 aromatic carbocycles. The Morgan fingerprint density at radius 3 is 2.60 bits per heavy atom. The second-order valence-corrected chi connectivity index (χ2v) is 4.89. The number of hydrogen-bond acceptors (Lipinski definition) is 2. The summed E-state index contributed by atoms with van der Waals surface area (Å²) < 4.78 is 0. The van der Waals surface area contributed by atoms with Crippen LogP contribution >= 0.6 is 11.6 Å². The molecule has 1 fully saturated rings. The fraction of sp³-hybridized carbons (Fsp3) is 0.800. The molecule has 2 N–H and O–H groups in total. The van der Waals surface area contributed by atoms with Crippen molar-refractivity contribution in [2.24, 2.45) is 11.1 Å². The van der Waals surface area contributed by atoms with Gasteiger partial charge in [0.1, 0.15) is 11.9 Å². The van der Waals surface area contributed by atoms with Crippen LogP contribution in [0.25, 0.3) is 0 Å². The van der Waals surface area contributed by atoms with Gasteiger partial charge in [0.25, 0.3) is 0 Å². The Bertz CT molecular complexity index is 279. The number of likely N-dealkylation sites (tertiary alicyclic amines) is 1. The van der Waals surface area contributed by atoms with Crippen LogP contribution < -0.4 is 5.73 Å². The molecule has 4 nitrogen and oxygen atoms in total. The number of nitrogens with zero attached hydrogens (tertiary/aromatic N) is 1. The van der Waals surface area contributed by atoms with Crippen LogP contribution in [-0.2, 0) is 9.59 Å². The minimum atomic E-state index is -0.530. The molecule has 15 heavy (non-hydrogen) atoms. The highest BCUT2D eigenvalue weighted by Crippen LogP contribution is 2.35. The zero-order chi connectivity index (χ0) is 11.6. The highest BCUT2D eigenvalue weighted by molar-refractivity contribution is 6.27. The zero-order valence-electron chi connectivity index (χ0n) is 9.12. The lowest BCUT2D eigenvalue weighted by Crippen LogP contribution is -2.58. The molecule has 0 saturated carbocycles. The SMILES string of the molecule is CC1(C)CCCN(C(=O)CCl)C1C(N)=O. The quantitative estimate of drug-likeness (QED) is 0.714. The van der Waals surface area contributed by atoms with Gasteiger partial charge in [-0.3, -0.25) is 9.59 Å². The van der Waals surface area contributed by atoms with Gasteiger partial charge in [-0.25, -0.2) is 0 Å². The molecule has 0 aromatic heterocycles. The smallest absolute Gasteiger partial charge is 0.240 e. The predicted octanol–water partition coefficient (Wildman–Crippen LogP) is 0.728. The van der Waals surface area contributed by atoms with E-state index in [4.69, 9.17) is 17.3 Å². The third-order valence-corrected chi connectivity index (χ3v) is 3.20. The second-order valence-electron chi connectivity index (χ2n) is 4.62. The molecule has 0 spiro atoms. The Kier molecular flexibility index (Phi) is 3.60. The van der Waals surface area contributed by atoms with Crippen molar-refractivity contribution < 1.29 is 9.59 Å². The van der Waals surface area contributed by atoms with Crippen LogP contribution in [0.5, 0.6) is 0 Å². The van der Waals surface area contributed by atoms with E-state index in [1.807, 2.05) is 13.8 Å². The molecule has 86 valence electrons. The first-order chi connectivity index (χ1) is 6.90. The van der Waals surface area contributed by atoms with Gasteiger partial charge in [-0.15, -0.1) is 11.6 Å². The van der Waals surface area contributed by atoms with Crippen molar-refractivity contribution in [3.63, 3.8) is 0 Å². The molecule has 5 heteroatoms. The topological polar surface area (TPSA) is 63.4 Å². The van der Waals surface area contributed by atoms with Crippen LogP contribution in [0.2, 0.25) is 0 Å². The summed E-state index contributed by atoms with van der Waals surface area (Å²) >= 11 is 5.51. The molecule has 0 bridgehead atoms. The number of primary amides is 1. The molecule has 1 saturated heterocycles. The summed E-state index contributed by atoms with van der Waals surface area (Å²) in [4.78, 5) is 24.5. The number of amides is 2. The summed E-state index contributed by atoms with van der Waals surface area (Å²) in [6.07, 6.45) is 1.78. The van der Waals surface area contributed by atoms with Gasteiger partial charge in [0.2, 0.25) is 11.8 Å². The first-order valence-electron chi connectivity index (χ1n) is 5.05. The number of piperidine rings is 1. The molecule has 0 radical (unpaired) electrons. The van der Waals surface area contributed by atoms with Gasteiger partial charge in [-0.1, -0.05) is 13.8 Å². The molecule has 2 amide bonds. The van der Waals surface area contributed by atoms with Crippen molar-refractivity contribution in [1.82, 2.24) is 4.90 Å². The van der Waals surface area contributed by atoms with Gasteiger partial charge in [0, 0.05) is 6.54 Å². The minimum absolute atomic E-state index is 0.0974. The van der Waals surface area contributed by atoms with Crippen LogP contribution in [0.3, 0.4) is 0 Å². The van der Waals surface area contributed by atoms with E-state index in [-0.39, 0.29) is 17.2 Å². The van der Waals surface area contributed by atoms with Gasteiger partial charge in [0.05, 0.1) is 0 Å². The van der Waals surface area contributed by atoms with Crippen molar-refractivity contribution in [3.8, 4) is 0 Å². The third-order valence-electron chi connectivity index (χ3n) is 2.98. The number of alkyl halides is 1. The van der Waals surface area contributed by atoms with Gasteiger partial charge in [-0.2, -0.15) is 0 Å². The van der Waals surface area contributed by atoms with E-state index >= 15 is 0 Å². The van der Waals surface area contributed by atoms with Crippen molar-refractivity contribution in [2.45, 2.75) is 32.7 Å². The van der Waals surface area contributed by atoms with Crippen molar-refractivity contribution in [3.05, 3.63) is 0 Å². The molecule has 0 aromatic rings. The van der Waals surface area contributed by atoms with Gasteiger partial charge < -0.3 is 10.6 Å². The van der Waals surface area contributed by atoms with Crippen LogP contribution in [0.1, 0.15) is 26.7 Å². The lowest BCUT2D eigenvalue weighted by atomic mass is 9.76. The van der Waals surface area contributed by atoms with Crippen LogP contribution in [0.15, 0.2) is 0 Å². The maximum absolute atomic E-state index is 11.6. The first-order valence-corrected chi connectivity index (χ1v) is 5.58. The third kappa shape index (κ3) is 2.43. The molecular weight excluding hydrogens is 216 g/mol. The van der Waals surface area contributed by atoms with E-state index in [1.54, 1.807) is 0 Å². The normalized spacial score (nSPS) is 25.0. The maximum atomic E-state index is 11.6. The Labute approximate surface area is 94.7 Å². The molecule has 1 atom stereocenters. The monoisotopic (exact) mass is 232 g/mol. The predicted molar refractivity (Wildman–Crippen MR) is 58.4 cm³/mol. The Morgan fingerprint density at radius 2 is 2.13 bits per heavy atom. The molecule has 0 aliphatic carbocycles. The van der Waals surface area contributed by atoms with Gasteiger partial charge in [-0.05, 0) is 18.3 Å². The summed E-state index contributed by atoms with van der Waals surface area (Å²) in [6, 6.07) is -0.530. The molecule has 1 unspecified atom stereocenters. The average Bonchev–Trinajstić information content (AvgIpc) is 2.14. The van der Waals surface area contributed by atoms with Crippen LogP contribution in [0.4, 0.5) is 0 Å². The van der Waals surface area contributed by atoms with E-state index < -0.39 is 11.9 Å². The summed E-state index contributed by atoms with van der Waals surface area (Å²) in [6.45, 7) is 4.48. The van der Waals surface area contributed by atoms with Gasteiger partial charge in [0.15, 0.2) is 0 Å². The highest BCUT2D eigenvalue weighted by atomic mass is 35.5. The molecule has 1 aliphatic rings. The second kappa shape index (κ2) is 4.39. The Hall–Kier alpha value is -0.770. The van der Waals surface area contributed by atoms with E-state index in [9.17, 15) is 9.59 Å². The van der Waals surface area contributed by atoms with E-state index in [0.717, 1.165) is 12.8 Å². The lowest BCUT2D eigenvalue weighted by molar-refractivity contribution is -0.144. The fourth-order valence-corrected chi connectivity index (χ4v) is 2.43. The largest absolute Gasteiger partial charge is 0.368 e. The number of hydrogen-bond donors (Lipinski definition) is 1. The standard InChI is InChI=1S/C10H17ClN2O2/c1-10(2)4-3-5-13(7(14)6-11)8(10)9(12)15/h8H,3-6H2,1-2H3,(H2,12,15). The summed E-state index contributed by atoms with van der Waals surface area (Å²) in [7, 11) is 0. The fourth-order valence-electron chi connectivity index (χ4n) is 2.28. The summed E-state index contributed by atoms with van der Waals surface area (Å²) in [5, 5.41) is 0. The zero-order valence-corrected chi connectivity index (χ0v) is 9.88. The highest BCUT2D eigenvalue weighted by Gasteiger charge is 2.42.